The van der Waals surface area contributed by atoms with E-state index in [1.807, 2.05) is 26.1 Å². The van der Waals surface area contributed by atoms with Crippen molar-refractivity contribution in [2.75, 3.05) is 26.7 Å². The lowest BCUT2D eigenvalue weighted by Crippen LogP contribution is -2.39. The average Bonchev–Trinajstić information content (AvgIpc) is 2.68. The highest BCUT2D eigenvalue weighted by Crippen LogP contribution is 2.22. The van der Waals surface area contributed by atoms with Gasteiger partial charge in [0.1, 0.15) is 17.9 Å². The van der Waals surface area contributed by atoms with Gasteiger partial charge in [0.25, 0.3) is 0 Å². The van der Waals surface area contributed by atoms with Crippen LogP contribution in [0.5, 0.6) is 5.75 Å². The van der Waals surface area contributed by atoms with Gasteiger partial charge in [-0.1, -0.05) is 18.2 Å². The molecule has 20 heavy (non-hydrogen) atoms. The highest BCUT2D eigenvalue weighted by atomic mass is 16.5. The molecule has 0 spiro atoms. The minimum atomic E-state index is -0.416. The van der Waals surface area contributed by atoms with Gasteiger partial charge in [0, 0.05) is 18.7 Å². The Morgan fingerprint density at radius 1 is 1.45 bits per heavy atom. The second-order valence-corrected chi connectivity index (χ2v) is 5.53. The maximum Gasteiger partial charge on any atom is 0.123 e. The standard InChI is InChI=1S/C16H23N3O/c1-16(13-17,18-2)8-5-9-19-10-11-20-15-7-4-3-6-14(15)12-19/h3-4,6-7,18H,5,8-12H2,1-2H3. The quantitative estimate of drug-likeness (QED) is 0.893. The number of para-hydroxylation sites is 1. The molecule has 108 valence electrons. The number of hydrogen-bond donors (Lipinski definition) is 1. The van der Waals surface area contributed by atoms with Crippen molar-refractivity contribution in [2.45, 2.75) is 31.8 Å². The third-order valence-corrected chi connectivity index (χ3v) is 3.98. The summed E-state index contributed by atoms with van der Waals surface area (Å²) in [5.41, 5.74) is 0.835. The molecule has 4 nitrogen and oxygen atoms in total. The van der Waals surface area contributed by atoms with Crippen LogP contribution in [0.25, 0.3) is 0 Å². The fourth-order valence-electron chi connectivity index (χ4n) is 2.46. The molecule has 1 unspecified atom stereocenters. The number of nitrogens with one attached hydrogen (secondary N) is 1. The summed E-state index contributed by atoms with van der Waals surface area (Å²) in [5.74, 6) is 1.01. The van der Waals surface area contributed by atoms with Gasteiger partial charge in [0.05, 0.1) is 6.07 Å². The lowest BCUT2D eigenvalue weighted by atomic mass is 9.98. The first-order valence-corrected chi connectivity index (χ1v) is 7.20. The Kier molecular flexibility index (Phi) is 4.99. The minimum Gasteiger partial charge on any atom is -0.492 e. The van der Waals surface area contributed by atoms with Crippen molar-refractivity contribution in [3.63, 3.8) is 0 Å². The Hall–Kier alpha value is -1.57. The summed E-state index contributed by atoms with van der Waals surface area (Å²) < 4.78 is 5.76. The SMILES string of the molecule is CNC(C)(C#N)CCCN1CCOc2ccccc2C1. The Bertz CT molecular complexity index is 483. The van der Waals surface area contributed by atoms with Gasteiger partial charge in [0.2, 0.25) is 0 Å². The number of fused-ring (bicyclic) bond motifs is 1. The van der Waals surface area contributed by atoms with Crippen molar-refractivity contribution in [1.82, 2.24) is 10.2 Å². The van der Waals surface area contributed by atoms with E-state index in [0.29, 0.717) is 0 Å². The van der Waals surface area contributed by atoms with Gasteiger partial charge in [-0.2, -0.15) is 5.26 Å². The zero-order chi connectivity index (χ0) is 14.4. The van der Waals surface area contributed by atoms with Crippen LogP contribution in [0.15, 0.2) is 24.3 Å². The molecule has 4 heteroatoms. The van der Waals surface area contributed by atoms with Crippen LogP contribution in [0.4, 0.5) is 0 Å². The summed E-state index contributed by atoms with van der Waals surface area (Å²) in [7, 11) is 1.85. The number of nitriles is 1. The lowest BCUT2D eigenvalue weighted by molar-refractivity contribution is 0.218. The Morgan fingerprint density at radius 3 is 3.00 bits per heavy atom. The van der Waals surface area contributed by atoms with Crippen molar-refractivity contribution < 1.29 is 4.74 Å². The second kappa shape index (κ2) is 6.74. The summed E-state index contributed by atoms with van der Waals surface area (Å²) in [4.78, 5) is 2.40. The first-order valence-electron chi connectivity index (χ1n) is 7.20. The second-order valence-electron chi connectivity index (χ2n) is 5.53. The molecule has 0 aromatic heterocycles. The van der Waals surface area contributed by atoms with Gasteiger partial charge in [-0.05, 0) is 39.4 Å². The first-order chi connectivity index (χ1) is 9.67. The van der Waals surface area contributed by atoms with Crippen molar-refractivity contribution in [3.8, 4) is 11.8 Å². The summed E-state index contributed by atoms with van der Waals surface area (Å²) >= 11 is 0. The van der Waals surface area contributed by atoms with Crippen LogP contribution in [-0.4, -0.2) is 37.2 Å². The fourth-order valence-corrected chi connectivity index (χ4v) is 2.46. The van der Waals surface area contributed by atoms with E-state index in [9.17, 15) is 0 Å². The van der Waals surface area contributed by atoms with Crippen LogP contribution in [0.1, 0.15) is 25.3 Å². The van der Waals surface area contributed by atoms with Gasteiger partial charge in [-0.3, -0.25) is 4.90 Å². The normalized spacial score (nSPS) is 18.2. The molecule has 1 aliphatic rings. The van der Waals surface area contributed by atoms with Crippen LogP contribution in [0, 0.1) is 11.3 Å². The van der Waals surface area contributed by atoms with Crippen molar-refractivity contribution in [1.29, 1.82) is 5.26 Å². The van der Waals surface area contributed by atoms with E-state index in [1.54, 1.807) is 0 Å². The zero-order valence-electron chi connectivity index (χ0n) is 12.4. The third-order valence-electron chi connectivity index (χ3n) is 3.98. The van der Waals surface area contributed by atoms with E-state index in [0.717, 1.165) is 44.8 Å². The van der Waals surface area contributed by atoms with Gasteiger partial charge in [-0.25, -0.2) is 0 Å². The van der Waals surface area contributed by atoms with E-state index in [1.165, 1.54) is 5.56 Å². The molecule has 0 aliphatic carbocycles. The number of rotatable bonds is 5. The van der Waals surface area contributed by atoms with E-state index in [2.05, 4.69) is 28.4 Å². The number of hydrogen-bond acceptors (Lipinski definition) is 4. The molecule has 1 atom stereocenters. The predicted octanol–water partition coefficient (Wildman–Crippen LogP) is 2.16. The van der Waals surface area contributed by atoms with Crippen LogP contribution in [0.3, 0.4) is 0 Å². The Balaban J connectivity index is 1.87. The van der Waals surface area contributed by atoms with Gasteiger partial charge >= 0.3 is 0 Å². The Labute approximate surface area is 121 Å². The molecule has 0 saturated heterocycles. The minimum absolute atomic E-state index is 0.416. The largest absolute Gasteiger partial charge is 0.492 e. The molecule has 1 heterocycles. The maximum absolute atomic E-state index is 9.15. The molecule has 1 aliphatic heterocycles. The van der Waals surface area contributed by atoms with Gasteiger partial charge < -0.3 is 10.1 Å². The summed E-state index contributed by atoms with van der Waals surface area (Å²) in [6, 6.07) is 10.6. The maximum atomic E-state index is 9.15. The van der Waals surface area contributed by atoms with Crippen LogP contribution < -0.4 is 10.1 Å². The van der Waals surface area contributed by atoms with Crippen molar-refractivity contribution >= 4 is 0 Å². The molecule has 0 amide bonds. The molecule has 2 rings (SSSR count). The molecule has 0 fully saturated rings. The monoisotopic (exact) mass is 273 g/mol. The summed E-state index contributed by atoms with van der Waals surface area (Å²) in [5, 5.41) is 12.2. The van der Waals surface area contributed by atoms with E-state index in [-0.39, 0.29) is 0 Å². The third kappa shape index (κ3) is 3.72. The molecular weight excluding hydrogens is 250 g/mol. The van der Waals surface area contributed by atoms with Gasteiger partial charge in [0.15, 0.2) is 0 Å². The highest BCUT2D eigenvalue weighted by Gasteiger charge is 2.21. The smallest absolute Gasteiger partial charge is 0.123 e. The van der Waals surface area contributed by atoms with Crippen LogP contribution in [0.2, 0.25) is 0 Å². The molecular formula is C16H23N3O. The lowest BCUT2D eigenvalue weighted by Gasteiger charge is -2.24. The van der Waals surface area contributed by atoms with E-state index < -0.39 is 5.54 Å². The topological polar surface area (TPSA) is 48.3 Å². The summed E-state index contributed by atoms with van der Waals surface area (Å²) in [6.07, 6.45) is 1.87. The Morgan fingerprint density at radius 2 is 2.25 bits per heavy atom. The number of nitrogens with zero attached hydrogens (tertiary/aromatic N) is 2. The molecule has 0 saturated carbocycles. The first kappa shape index (κ1) is 14.8. The van der Waals surface area contributed by atoms with Crippen molar-refractivity contribution in [2.24, 2.45) is 0 Å². The van der Waals surface area contributed by atoms with E-state index in [4.69, 9.17) is 10.00 Å². The molecule has 1 aromatic carbocycles. The average molecular weight is 273 g/mol. The molecule has 0 radical (unpaired) electrons. The fraction of sp³-hybridized carbons (Fsp3) is 0.562. The van der Waals surface area contributed by atoms with Crippen LogP contribution >= 0.6 is 0 Å². The van der Waals surface area contributed by atoms with Crippen LogP contribution in [-0.2, 0) is 6.54 Å². The number of ether oxygens (including phenoxy) is 1. The highest BCUT2D eigenvalue weighted by molar-refractivity contribution is 5.33. The van der Waals surface area contributed by atoms with Crippen molar-refractivity contribution in [3.05, 3.63) is 29.8 Å². The summed E-state index contributed by atoms with van der Waals surface area (Å²) in [6.45, 7) is 5.56. The number of benzene rings is 1. The predicted molar refractivity (Wildman–Crippen MR) is 79.5 cm³/mol. The van der Waals surface area contributed by atoms with Gasteiger partial charge in [-0.15, -0.1) is 0 Å². The van der Waals surface area contributed by atoms with E-state index >= 15 is 0 Å². The molecule has 1 aromatic rings. The molecule has 1 N–H and O–H groups in total. The molecule has 0 bridgehead atoms. The zero-order valence-corrected chi connectivity index (χ0v) is 12.4.